The third-order valence-corrected chi connectivity index (χ3v) is 5.18. The first-order valence-electron chi connectivity index (χ1n) is 3.88. The van der Waals surface area contributed by atoms with Crippen molar-refractivity contribution in [3.8, 4) is 0 Å². The maximum Gasteiger partial charge on any atom is 0.183 e. The molecular weight excluding hydrogens is 230 g/mol. The van der Waals surface area contributed by atoms with Crippen molar-refractivity contribution in [2.45, 2.75) is 12.3 Å². The largest absolute Gasteiger partial charge is 0.233 e. The molecule has 72 valence electrons. The lowest BCUT2D eigenvalue weighted by molar-refractivity contribution is 0.601. The number of aromatic nitrogens is 1. The van der Waals surface area contributed by atoms with E-state index in [0.29, 0.717) is 16.6 Å². The van der Waals surface area contributed by atoms with Crippen LogP contribution in [-0.2, 0) is 9.84 Å². The van der Waals surface area contributed by atoms with Crippen LogP contribution in [0.5, 0.6) is 0 Å². The first kappa shape index (κ1) is 9.43. The highest BCUT2D eigenvalue weighted by Gasteiger charge is 2.30. The van der Waals surface area contributed by atoms with Gasteiger partial charge >= 0.3 is 0 Å². The molecular formula is C7H8ClNO2S2. The van der Waals surface area contributed by atoms with Crippen LogP contribution in [0, 0.1) is 0 Å². The lowest BCUT2D eigenvalue weighted by Crippen LogP contribution is -2.02. The van der Waals surface area contributed by atoms with Gasteiger partial charge in [0.25, 0.3) is 0 Å². The van der Waals surface area contributed by atoms with E-state index < -0.39 is 9.84 Å². The van der Waals surface area contributed by atoms with Crippen molar-refractivity contribution < 1.29 is 8.42 Å². The summed E-state index contributed by atoms with van der Waals surface area (Å²) in [5.41, 5.74) is 0. The van der Waals surface area contributed by atoms with Crippen LogP contribution in [-0.4, -0.2) is 24.9 Å². The molecule has 0 radical (unpaired) electrons. The average molecular weight is 238 g/mol. The van der Waals surface area contributed by atoms with E-state index in [2.05, 4.69) is 4.98 Å². The minimum atomic E-state index is -2.80. The Morgan fingerprint density at radius 3 is 2.85 bits per heavy atom. The average Bonchev–Trinajstić information content (AvgIpc) is 2.56. The van der Waals surface area contributed by atoms with Crippen LogP contribution in [0.15, 0.2) is 6.20 Å². The molecule has 6 heteroatoms. The van der Waals surface area contributed by atoms with E-state index in [4.69, 9.17) is 11.6 Å². The van der Waals surface area contributed by atoms with E-state index in [9.17, 15) is 8.42 Å². The van der Waals surface area contributed by atoms with Gasteiger partial charge in [0.2, 0.25) is 0 Å². The van der Waals surface area contributed by atoms with E-state index in [0.717, 1.165) is 4.88 Å². The van der Waals surface area contributed by atoms with Gasteiger partial charge in [-0.2, -0.15) is 0 Å². The fourth-order valence-electron chi connectivity index (χ4n) is 1.47. The van der Waals surface area contributed by atoms with Crippen molar-refractivity contribution in [1.82, 2.24) is 4.98 Å². The zero-order valence-electron chi connectivity index (χ0n) is 6.73. The quantitative estimate of drug-likeness (QED) is 0.747. The minimum absolute atomic E-state index is 0.120. The van der Waals surface area contributed by atoms with E-state index >= 15 is 0 Å². The van der Waals surface area contributed by atoms with Gasteiger partial charge in [-0.25, -0.2) is 13.4 Å². The van der Waals surface area contributed by atoms with Gasteiger partial charge < -0.3 is 0 Å². The highest BCUT2D eigenvalue weighted by molar-refractivity contribution is 7.91. The van der Waals surface area contributed by atoms with Gasteiger partial charge in [0.1, 0.15) is 0 Å². The van der Waals surface area contributed by atoms with Gasteiger partial charge in [0.15, 0.2) is 14.3 Å². The van der Waals surface area contributed by atoms with Crippen molar-refractivity contribution in [3.63, 3.8) is 0 Å². The molecule has 2 heterocycles. The molecule has 0 saturated carbocycles. The molecule has 0 aromatic carbocycles. The summed E-state index contributed by atoms with van der Waals surface area (Å²) in [7, 11) is -2.80. The summed E-state index contributed by atoms with van der Waals surface area (Å²) in [5, 5.41) is 0. The van der Waals surface area contributed by atoms with Gasteiger partial charge in [-0.3, -0.25) is 0 Å². The van der Waals surface area contributed by atoms with E-state index in [1.807, 2.05) is 0 Å². The van der Waals surface area contributed by atoms with Crippen molar-refractivity contribution in [2.75, 3.05) is 11.5 Å². The summed E-state index contributed by atoms with van der Waals surface area (Å²) in [4.78, 5) is 4.89. The van der Waals surface area contributed by atoms with Crippen LogP contribution < -0.4 is 0 Å². The number of rotatable bonds is 1. The zero-order valence-corrected chi connectivity index (χ0v) is 9.12. The number of hydrogen-bond donors (Lipinski definition) is 0. The molecule has 0 spiro atoms. The Hall–Kier alpha value is -0.130. The second kappa shape index (κ2) is 3.22. The molecule has 1 fully saturated rings. The molecule has 1 atom stereocenters. The fourth-order valence-corrected chi connectivity index (χ4v) is 4.44. The Bertz CT molecular complexity index is 412. The predicted molar refractivity (Wildman–Crippen MR) is 53.1 cm³/mol. The normalized spacial score (nSPS) is 26.4. The lowest BCUT2D eigenvalue weighted by Gasteiger charge is -2.00. The standard InChI is InChI=1S/C7H8ClNO2S2/c8-7-9-3-6(12-7)5-1-2-13(10,11)4-5/h3,5H,1-2,4H2. The molecule has 1 aliphatic heterocycles. The molecule has 1 saturated heterocycles. The SMILES string of the molecule is O=S1(=O)CCC(c2cnc(Cl)s2)C1. The van der Waals surface area contributed by atoms with Crippen LogP contribution in [0.1, 0.15) is 17.2 Å². The van der Waals surface area contributed by atoms with E-state index in [1.165, 1.54) is 11.3 Å². The number of thiazole rings is 1. The number of halogens is 1. The van der Waals surface area contributed by atoms with Crippen molar-refractivity contribution in [1.29, 1.82) is 0 Å². The smallest absolute Gasteiger partial charge is 0.183 e. The first-order chi connectivity index (χ1) is 6.07. The van der Waals surface area contributed by atoms with Crippen LogP contribution in [0.4, 0.5) is 0 Å². The summed E-state index contributed by atoms with van der Waals surface area (Å²) >= 11 is 7.04. The van der Waals surface area contributed by atoms with Gasteiger partial charge in [-0.1, -0.05) is 11.6 Å². The molecule has 0 amide bonds. The minimum Gasteiger partial charge on any atom is -0.233 e. The summed E-state index contributed by atoms with van der Waals surface area (Å²) in [6, 6.07) is 0. The van der Waals surface area contributed by atoms with Gasteiger partial charge in [-0.15, -0.1) is 11.3 Å². The van der Waals surface area contributed by atoms with Crippen LogP contribution in [0.3, 0.4) is 0 Å². The molecule has 0 aliphatic carbocycles. The Morgan fingerprint density at radius 1 is 1.62 bits per heavy atom. The maximum absolute atomic E-state index is 11.2. The van der Waals surface area contributed by atoms with Crippen molar-refractivity contribution >= 4 is 32.8 Å². The fraction of sp³-hybridized carbons (Fsp3) is 0.571. The van der Waals surface area contributed by atoms with Crippen molar-refractivity contribution in [2.24, 2.45) is 0 Å². The third kappa shape index (κ3) is 2.03. The van der Waals surface area contributed by atoms with Crippen LogP contribution in [0.25, 0.3) is 0 Å². The number of hydrogen-bond acceptors (Lipinski definition) is 4. The molecule has 3 nitrogen and oxygen atoms in total. The monoisotopic (exact) mass is 237 g/mol. The zero-order chi connectivity index (χ0) is 9.47. The van der Waals surface area contributed by atoms with Gasteiger partial charge in [-0.05, 0) is 6.42 Å². The highest BCUT2D eigenvalue weighted by Crippen LogP contribution is 2.33. The molecule has 1 aromatic rings. The van der Waals surface area contributed by atoms with Gasteiger partial charge in [0, 0.05) is 17.0 Å². The third-order valence-electron chi connectivity index (χ3n) is 2.13. The molecule has 1 aliphatic rings. The second-order valence-electron chi connectivity index (χ2n) is 3.12. The topological polar surface area (TPSA) is 47.0 Å². The number of nitrogens with zero attached hydrogens (tertiary/aromatic N) is 1. The highest BCUT2D eigenvalue weighted by atomic mass is 35.5. The molecule has 1 unspecified atom stereocenters. The predicted octanol–water partition coefficient (Wildman–Crippen LogP) is 1.70. The molecule has 13 heavy (non-hydrogen) atoms. The molecule has 2 rings (SSSR count). The number of sulfone groups is 1. The summed E-state index contributed by atoms with van der Waals surface area (Å²) in [6.45, 7) is 0. The Morgan fingerprint density at radius 2 is 2.38 bits per heavy atom. The maximum atomic E-state index is 11.2. The molecule has 0 N–H and O–H groups in total. The van der Waals surface area contributed by atoms with E-state index in [-0.39, 0.29) is 11.7 Å². The second-order valence-corrected chi connectivity index (χ2v) is 6.99. The van der Waals surface area contributed by atoms with Gasteiger partial charge in [0.05, 0.1) is 11.5 Å². The van der Waals surface area contributed by atoms with Crippen molar-refractivity contribution in [3.05, 3.63) is 15.5 Å². The Labute approximate surface area is 85.7 Å². The van der Waals surface area contributed by atoms with E-state index in [1.54, 1.807) is 6.20 Å². The summed E-state index contributed by atoms with van der Waals surface area (Å²) < 4.78 is 22.8. The van der Waals surface area contributed by atoms with Crippen LogP contribution >= 0.6 is 22.9 Å². The first-order valence-corrected chi connectivity index (χ1v) is 6.90. The molecule has 1 aromatic heterocycles. The summed E-state index contributed by atoms with van der Waals surface area (Å²) in [5.74, 6) is 0.675. The Kier molecular flexibility index (Phi) is 2.33. The Balaban J connectivity index is 2.21. The molecule has 0 bridgehead atoms. The van der Waals surface area contributed by atoms with Crippen LogP contribution in [0.2, 0.25) is 4.47 Å². The lowest BCUT2D eigenvalue weighted by atomic mass is 10.1. The summed E-state index contributed by atoms with van der Waals surface area (Å²) in [6.07, 6.45) is 2.39.